The molecule has 13 rings (SSSR count). The summed E-state index contributed by atoms with van der Waals surface area (Å²) in [7, 11) is 0. The van der Waals surface area contributed by atoms with Crippen LogP contribution in [0.2, 0.25) is 0 Å². The monoisotopic (exact) mass is 880 g/mol. The molecule has 1 aliphatic rings. The van der Waals surface area contributed by atoms with Crippen LogP contribution in [0.4, 0.5) is 17.1 Å². The van der Waals surface area contributed by atoms with Crippen LogP contribution in [0, 0.1) is 0 Å². The molecule has 0 unspecified atom stereocenters. The number of anilines is 3. The molecule has 0 radical (unpaired) electrons. The lowest BCUT2D eigenvalue weighted by Crippen LogP contribution is -2.17. The lowest BCUT2D eigenvalue weighted by Gasteiger charge is -2.28. The molecule has 0 spiro atoms. The molecule has 11 aromatic carbocycles. The molecule has 0 saturated heterocycles. The van der Waals surface area contributed by atoms with Crippen molar-refractivity contribution in [3.63, 3.8) is 0 Å². The summed E-state index contributed by atoms with van der Waals surface area (Å²) in [5, 5.41) is 5.01. The van der Waals surface area contributed by atoms with Crippen molar-refractivity contribution in [3.8, 4) is 61.3 Å². The molecule has 2 heteroatoms. The van der Waals surface area contributed by atoms with Crippen molar-refractivity contribution in [2.24, 2.45) is 0 Å². The number of benzene rings is 11. The van der Waals surface area contributed by atoms with Crippen molar-refractivity contribution >= 4 is 49.6 Å². The lowest BCUT2D eigenvalue weighted by molar-refractivity contribution is 0.660. The molecule has 1 aromatic heterocycles. The summed E-state index contributed by atoms with van der Waals surface area (Å²) >= 11 is 0. The van der Waals surface area contributed by atoms with E-state index >= 15 is 0 Å². The van der Waals surface area contributed by atoms with Crippen LogP contribution in [0.25, 0.3) is 93.9 Å². The smallest absolute Gasteiger partial charge is 0.0541 e. The van der Waals surface area contributed by atoms with E-state index in [2.05, 4.69) is 278 Å². The Bertz CT molecular complexity index is 3780. The molecule has 0 fully saturated rings. The normalized spacial score (nSPS) is 12.6. The van der Waals surface area contributed by atoms with Gasteiger partial charge in [0.05, 0.1) is 11.0 Å². The predicted octanol–water partition coefficient (Wildman–Crippen LogP) is 18.4. The second kappa shape index (κ2) is 16.3. The molecule has 0 bridgehead atoms. The summed E-state index contributed by atoms with van der Waals surface area (Å²) < 4.78 is 2.47. The van der Waals surface area contributed by atoms with Crippen LogP contribution in [0.1, 0.15) is 25.0 Å². The van der Waals surface area contributed by atoms with Gasteiger partial charge < -0.3 is 9.47 Å². The number of rotatable bonds is 8. The van der Waals surface area contributed by atoms with Crippen molar-refractivity contribution in [1.82, 2.24) is 4.57 Å². The maximum Gasteiger partial charge on any atom is 0.0541 e. The average Bonchev–Trinajstić information content (AvgIpc) is 3.86. The van der Waals surface area contributed by atoms with Crippen LogP contribution in [0.5, 0.6) is 0 Å². The lowest BCUT2D eigenvalue weighted by atomic mass is 9.82. The van der Waals surface area contributed by atoms with Gasteiger partial charge in [-0.2, -0.15) is 0 Å². The Hall–Kier alpha value is -8.72. The highest BCUT2D eigenvalue weighted by Crippen LogP contribution is 2.52. The topological polar surface area (TPSA) is 8.17 Å². The SMILES string of the molecule is CC1(C)c2cc(N(c3ccc(-c4ccccc4)cc3)c3ccc(-c4cccc5ccccc45)cc3)ccc2-c2ccc(-n3c4ccc(-c5ccccc5)cc4c4cc(-c5ccccc5)ccc43)cc21. The van der Waals surface area contributed by atoms with E-state index in [1.54, 1.807) is 0 Å². The van der Waals surface area contributed by atoms with Gasteiger partial charge in [-0.25, -0.2) is 0 Å². The first kappa shape index (κ1) is 40.5. The highest BCUT2D eigenvalue weighted by atomic mass is 15.1. The molecule has 12 aromatic rings. The van der Waals surface area contributed by atoms with E-state index in [0.717, 1.165) is 17.1 Å². The highest BCUT2D eigenvalue weighted by Gasteiger charge is 2.37. The van der Waals surface area contributed by atoms with E-state index in [1.807, 2.05) is 0 Å². The third kappa shape index (κ3) is 6.87. The van der Waals surface area contributed by atoms with Gasteiger partial charge in [0.2, 0.25) is 0 Å². The first-order chi connectivity index (χ1) is 34.0. The van der Waals surface area contributed by atoms with Crippen molar-refractivity contribution < 1.29 is 0 Å². The molecule has 2 nitrogen and oxygen atoms in total. The number of hydrogen-bond donors (Lipinski definition) is 0. The van der Waals surface area contributed by atoms with E-state index in [9.17, 15) is 0 Å². The van der Waals surface area contributed by atoms with Gasteiger partial charge in [-0.15, -0.1) is 0 Å². The maximum atomic E-state index is 2.47. The van der Waals surface area contributed by atoms with Gasteiger partial charge in [0.25, 0.3) is 0 Å². The molecule has 0 aliphatic heterocycles. The van der Waals surface area contributed by atoms with Crippen LogP contribution in [0.3, 0.4) is 0 Å². The summed E-state index contributed by atoms with van der Waals surface area (Å²) in [6, 6.07) is 93.6. The van der Waals surface area contributed by atoms with E-state index in [4.69, 9.17) is 0 Å². The van der Waals surface area contributed by atoms with Gasteiger partial charge >= 0.3 is 0 Å². The third-order valence-corrected chi connectivity index (χ3v) is 14.6. The Kier molecular flexibility index (Phi) is 9.55. The van der Waals surface area contributed by atoms with Gasteiger partial charge in [-0.05, 0) is 150 Å². The Labute approximate surface area is 403 Å². The van der Waals surface area contributed by atoms with E-state index in [-0.39, 0.29) is 5.41 Å². The standard InChI is InChI=1S/C67H48N2/c1-67(2)63-43-55(68(53-31-25-48(26-32-53)45-15-6-3-7-16-45)54-33-27-50(28-34-54)58-24-14-22-49-21-12-13-23-57(49)58)35-37-59(63)60-38-36-56(44-64(60)67)69-65-39-29-51(46-17-8-4-9-18-46)41-61(65)62-42-52(30-40-66(62)69)47-19-10-5-11-20-47/h3-44H,1-2H3. The molecule has 1 heterocycles. The van der Waals surface area contributed by atoms with Gasteiger partial charge in [0.1, 0.15) is 0 Å². The van der Waals surface area contributed by atoms with Gasteiger partial charge in [0, 0.05) is 38.9 Å². The third-order valence-electron chi connectivity index (χ3n) is 14.6. The van der Waals surface area contributed by atoms with Crippen molar-refractivity contribution in [2.45, 2.75) is 19.3 Å². The number of aromatic nitrogens is 1. The highest BCUT2D eigenvalue weighted by molar-refractivity contribution is 6.12. The fourth-order valence-corrected chi connectivity index (χ4v) is 11.1. The fourth-order valence-electron chi connectivity index (χ4n) is 11.1. The van der Waals surface area contributed by atoms with Crippen molar-refractivity contribution in [3.05, 3.63) is 266 Å². The molecule has 1 aliphatic carbocycles. The fraction of sp³-hybridized carbons (Fsp3) is 0.0448. The summed E-state index contributed by atoms with van der Waals surface area (Å²) in [6.07, 6.45) is 0. The molecule has 0 saturated carbocycles. The molecular formula is C67H48N2. The zero-order chi connectivity index (χ0) is 46.1. The zero-order valence-electron chi connectivity index (χ0n) is 38.6. The second-order valence-electron chi connectivity index (χ2n) is 18.9. The molecule has 69 heavy (non-hydrogen) atoms. The maximum absolute atomic E-state index is 2.47. The Morgan fingerprint density at radius 3 is 1.35 bits per heavy atom. The Morgan fingerprint density at radius 2 is 0.754 bits per heavy atom. The van der Waals surface area contributed by atoms with Crippen LogP contribution < -0.4 is 4.90 Å². The summed E-state index contributed by atoms with van der Waals surface area (Å²) in [6.45, 7) is 4.79. The summed E-state index contributed by atoms with van der Waals surface area (Å²) in [5.74, 6) is 0. The Morgan fingerprint density at radius 1 is 0.304 bits per heavy atom. The molecule has 0 amide bonds. The van der Waals surface area contributed by atoms with E-state index < -0.39 is 0 Å². The van der Waals surface area contributed by atoms with E-state index in [0.29, 0.717) is 0 Å². The molecule has 0 atom stereocenters. The summed E-state index contributed by atoms with van der Waals surface area (Å²) in [5.41, 5.74) is 21.6. The van der Waals surface area contributed by atoms with Crippen LogP contribution in [-0.4, -0.2) is 4.57 Å². The molecular weight excluding hydrogens is 833 g/mol. The number of fused-ring (bicyclic) bond motifs is 7. The van der Waals surface area contributed by atoms with Gasteiger partial charge in [-0.1, -0.05) is 196 Å². The minimum atomic E-state index is -0.266. The largest absolute Gasteiger partial charge is 0.310 e. The zero-order valence-corrected chi connectivity index (χ0v) is 38.6. The predicted molar refractivity (Wildman–Crippen MR) is 292 cm³/mol. The first-order valence-corrected chi connectivity index (χ1v) is 24.0. The van der Waals surface area contributed by atoms with Crippen LogP contribution in [0.15, 0.2) is 255 Å². The van der Waals surface area contributed by atoms with Crippen LogP contribution in [-0.2, 0) is 5.41 Å². The minimum Gasteiger partial charge on any atom is -0.310 e. The Balaban J connectivity index is 0.916. The second-order valence-corrected chi connectivity index (χ2v) is 18.9. The van der Waals surface area contributed by atoms with Crippen molar-refractivity contribution in [1.29, 1.82) is 0 Å². The quantitative estimate of drug-likeness (QED) is 0.148. The van der Waals surface area contributed by atoms with E-state index in [1.165, 1.54) is 105 Å². The minimum absolute atomic E-state index is 0.266. The van der Waals surface area contributed by atoms with Crippen LogP contribution >= 0.6 is 0 Å². The van der Waals surface area contributed by atoms with Crippen molar-refractivity contribution in [2.75, 3.05) is 4.90 Å². The molecule has 0 N–H and O–H groups in total. The number of hydrogen-bond acceptors (Lipinski definition) is 1. The molecule has 326 valence electrons. The number of nitrogens with zero attached hydrogens (tertiary/aromatic N) is 2. The van der Waals surface area contributed by atoms with Gasteiger partial charge in [0.15, 0.2) is 0 Å². The first-order valence-electron chi connectivity index (χ1n) is 24.0. The summed E-state index contributed by atoms with van der Waals surface area (Å²) in [4.78, 5) is 2.41. The average molecular weight is 881 g/mol. The van der Waals surface area contributed by atoms with Gasteiger partial charge in [-0.3, -0.25) is 0 Å².